The molecular weight excluding hydrogens is 238 g/mol. The third kappa shape index (κ3) is 2.91. The van der Waals surface area contributed by atoms with E-state index in [1.54, 1.807) is 7.11 Å². The van der Waals surface area contributed by atoms with E-state index in [-0.39, 0.29) is 11.8 Å². The molecule has 3 nitrogen and oxygen atoms in total. The average Bonchev–Trinajstić information content (AvgIpc) is 3.05. The SMILES string of the molecule is COc1cccc(CCNC(=O)C2CC3CC3C2)c1. The third-order valence-electron chi connectivity index (χ3n) is 4.46. The lowest BCUT2D eigenvalue weighted by Crippen LogP contribution is -2.31. The number of amides is 1. The van der Waals surface area contributed by atoms with Gasteiger partial charge >= 0.3 is 0 Å². The van der Waals surface area contributed by atoms with E-state index in [0.29, 0.717) is 0 Å². The number of hydrogen-bond acceptors (Lipinski definition) is 2. The minimum absolute atomic E-state index is 0.259. The molecule has 0 aromatic heterocycles. The smallest absolute Gasteiger partial charge is 0.223 e. The summed E-state index contributed by atoms with van der Waals surface area (Å²) in [6.07, 6.45) is 4.47. The van der Waals surface area contributed by atoms with Gasteiger partial charge < -0.3 is 10.1 Å². The van der Waals surface area contributed by atoms with Crippen LogP contribution in [-0.4, -0.2) is 19.6 Å². The summed E-state index contributed by atoms with van der Waals surface area (Å²) in [6.45, 7) is 0.720. The third-order valence-corrected chi connectivity index (χ3v) is 4.46. The van der Waals surface area contributed by atoms with Crippen LogP contribution in [0.4, 0.5) is 0 Å². The number of ether oxygens (including phenoxy) is 1. The van der Waals surface area contributed by atoms with Gasteiger partial charge in [0.15, 0.2) is 0 Å². The number of hydrogen-bond donors (Lipinski definition) is 1. The van der Waals surface area contributed by atoms with Gasteiger partial charge in [-0.2, -0.15) is 0 Å². The molecule has 1 aromatic rings. The predicted molar refractivity (Wildman–Crippen MR) is 74.0 cm³/mol. The molecule has 0 bridgehead atoms. The highest BCUT2D eigenvalue weighted by molar-refractivity contribution is 5.79. The van der Waals surface area contributed by atoms with Gasteiger partial charge in [-0.3, -0.25) is 4.79 Å². The van der Waals surface area contributed by atoms with E-state index in [1.165, 1.54) is 12.0 Å². The molecule has 3 heteroatoms. The highest BCUT2D eigenvalue weighted by Crippen LogP contribution is 2.54. The van der Waals surface area contributed by atoms with Crippen LogP contribution in [0.25, 0.3) is 0 Å². The molecule has 2 fully saturated rings. The van der Waals surface area contributed by atoms with Gasteiger partial charge in [0.2, 0.25) is 5.91 Å². The molecule has 19 heavy (non-hydrogen) atoms. The Balaban J connectivity index is 1.43. The van der Waals surface area contributed by atoms with Gasteiger partial charge in [-0.25, -0.2) is 0 Å². The number of nitrogens with one attached hydrogen (secondary N) is 1. The van der Waals surface area contributed by atoms with Crippen molar-refractivity contribution in [2.24, 2.45) is 17.8 Å². The molecule has 0 heterocycles. The van der Waals surface area contributed by atoms with Crippen molar-refractivity contribution >= 4 is 5.91 Å². The molecular formula is C16H21NO2. The predicted octanol–water partition coefficient (Wildman–Crippen LogP) is 2.40. The molecule has 1 aromatic carbocycles. The van der Waals surface area contributed by atoms with Gasteiger partial charge in [0, 0.05) is 12.5 Å². The zero-order valence-corrected chi connectivity index (χ0v) is 11.4. The second-order valence-electron chi connectivity index (χ2n) is 5.82. The highest BCUT2D eigenvalue weighted by atomic mass is 16.5. The first-order valence-electron chi connectivity index (χ1n) is 7.17. The number of carbonyl (C=O) groups is 1. The van der Waals surface area contributed by atoms with Crippen LogP contribution in [0.2, 0.25) is 0 Å². The van der Waals surface area contributed by atoms with E-state index in [0.717, 1.165) is 43.4 Å². The summed E-state index contributed by atoms with van der Waals surface area (Å²) in [5.74, 6) is 3.16. The van der Waals surface area contributed by atoms with Crippen LogP contribution < -0.4 is 10.1 Å². The van der Waals surface area contributed by atoms with E-state index in [9.17, 15) is 4.79 Å². The summed E-state index contributed by atoms with van der Waals surface area (Å²) in [7, 11) is 1.67. The van der Waals surface area contributed by atoms with Gasteiger partial charge in [0.05, 0.1) is 7.11 Å². The van der Waals surface area contributed by atoms with Gasteiger partial charge in [-0.05, 0) is 55.2 Å². The number of fused-ring (bicyclic) bond motifs is 1. The maximum absolute atomic E-state index is 12.0. The monoisotopic (exact) mass is 259 g/mol. The fourth-order valence-electron chi connectivity index (χ4n) is 3.23. The maximum atomic E-state index is 12.0. The van der Waals surface area contributed by atoms with Crippen LogP contribution in [0.1, 0.15) is 24.8 Å². The lowest BCUT2D eigenvalue weighted by molar-refractivity contribution is -0.125. The Morgan fingerprint density at radius 1 is 1.32 bits per heavy atom. The Labute approximate surface area is 114 Å². The Morgan fingerprint density at radius 3 is 2.84 bits per heavy atom. The van der Waals surface area contributed by atoms with Crippen molar-refractivity contribution in [2.45, 2.75) is 25.7 Å². The van der Waals surface area contributed by atoms with Crippen molar-refractivity contribution in [1.29, 1.82) is 0 Å². The molecule has 0 saturated heterocycles. The van der Waals surface area contributed by atoms with Crippen molar-refractivity contribution in [1.82, 2.24) is 5.32 Å². The zero-order valence-electron chi connectivity index (χ0n) is 11.4. The van der Waals surface area contributed by atoms with E-state index in [4.69, 9.17) is 4.74 Å². The van der Waals surface area contributed by atoms with Crippen LogP contribution in [0.5, 0.6) is 5.75 Å². The largest absolute Gasteiger partial charge is 0.497 e. The molecule has 2 aliphatic rings. The zero-order chi connectivity index (χ0) is 13.2. The molecule has 2 saturated carbocycles. The number of carbonyl (C=O) groups excluding carboxylic acids is 1. The minimum Gasteiger partial charge on any atom is -0.497 e. The molecule has 3 rings (SSSR count). The van der Waals surface area contributed by atoms with Crippen molar-refractivity contribution < 1.29 is 9.53 Å². The standard InChI is InChI=1S/C16H21NO2/c1-19-15-4-2-3-11(7-15)5-6-17-16(18)14-9-12-8-13(12)10-14/h2-4,7,12-14H,5-6,8-10H2,1H3,(H,17,18). The Morgan fingerprint density at radius 2 is 2.11 bits per heavy atom. The van der Waals surface area contributed by atoms with Crippen molar-refractivity contribution in [3.8, 4) is 5.75 Å². The molecule has 1 amide bonds. The van der Waals surface area contributed by atoms with Crippen LogP contribution >= 0.6 is 0 Å². The summed E-state index contributed by atoms with van der Waals surface area (Å²) in [4.78, 5) is 12.0. The first-order chi connectivity index (χ1) is 9.26. The van der Waals surface area contributed by atoms with Crippen molar-refractivity contribution in [2.75, 3.05) is 13.7 Å². The van der Waals surface area contributed by atoms with E-state index in [2.05, 4.69) is 11.4 Å². The maximum Gasteiger partial charge on any atom is 0.223 e. The van der Waals surface area contributed by atoms with Crippen LogP contribution in [0, 0.1) is 17.8 Å². The van der Waals surface area contributed by atoms with E-state index in [1.807, 2.05) is 18.2 Å². The lowest BCUT2D eigenvalue weighted by Gasteiger charge is -2.12. The quantitative estimate of drug-likeness (QED) is 0.881. The van der Waals surface area contributed by atoms with Crippen LogP contribution in [-0.2, 0) is 11.2 Å². The fraction of sp³-hybridized carbons (Fsp3) is 0.562. The number of rotatable bonds is 5. The topological polar surface area (TPSA) is 38.3 Å². The second kappa shape index (κ2) is 5.24. The van der Waals surface area contributed by atoms with Crippen molar-refractivity contribution in [3.63, 3.8) is 0 Å². The Hall–Kier alpha value is -1.51. The molecule has 0 radical (unpaired) electrons. The summed E-state index contributed by atoms with van der Waals surface area (Å²) in [6, 6.07) is 8.02. The van der Waals surface area contributed by atoms with Gasteiger partial charge in [0.1, 0.15) is 5.75 Å². The van der Waals surface area contributed by atoms with E-state index >= 15 is 0 Å². The number of benzene rings is 1. The second-order valence-corrected chi connectivity index (χ2v) is 5.82. The molecule has 2 atom stereocenters. The Kier molecular flexibility index (Phi) is 3.45. The normalized spacial score (nSPS) is 27.7. The average molecular weight is 259 g/mol. The summed E-state index contributed by atoms with van der Waals surface area (Å²) >= 11 is 0. The molecule has 2 aliphatic carbocycles. The molecule has 0 aliphatic heterocycles. The molecule has 1 N–H and O–H groups in total. The fourth-order valence-corrected chi connectivity index (χ4v) is 3.23. The first kappa shape index (κ1) is 12.5. The molecule has 102 valence electrons. The van der Waals surface area contributed by atoms with Crippen LogP contribution in [0.3, 0.4) is 0 Å². The Bertz CT molecular complexity index is 462. The molecule has 2 unspecified atom stereocenters. The molecule has 0 spiro atoms. The van der Waals surface area contributed by atoms with Gasteiger partial charge in [0.25, 0.3) is 0 Å². The number of methoxy groups -OCH3 is 1. The summed E-state index contributed by atoms with van der Waals surface area (Å²) < 4.78 is 5.19. The van der Waals surface area contributed by atoms with Gasteiger partial charge in [-0.15, -0.1) is 0 Å². The summed E-state index contributed by atoms with van der Waals surface area (Å²) in [5.41, 5.74) is 1.20. The minimum atomic E-state index is 0.259. The first-order valence-corrected chi connectivity index (χ1v) is 7.17. The summed E-state index contributed by atoms with van der Waals surface area (Å²) in [5, 5.41) is 3.07. The van der Waals surface area contributed by atoms with E-state index < -0.39 is 0 Å². The van der Waals surface area contributed by atoms with Crippen LogP contribution in [0.15, 0.2) is 24.3 Å². The van der Waals surface area contributed by atoms with Crippen molar-refractivity contribution in [3.05, 3.63) is 29.8 Å². The van der Waals surface area contributed by atoms with Gasteiger partial charge in [-0.1, -0.05) is 12.1 Å². The lowest BCUT2D eigenvalue weighted by atomic mass is 10.0. The highest BCUT2D eigenvalue weighted by Gasteiger charge is 2.47.